The van der Waals surface area contributed by atoms with E-state index < -0.39 is 11.7 Å². The number of hydrogen-bond acceptors (Lipinski definition) is 6. The lowest BCUT2D eigenvalue weighted by Crippen LogP contribution is -2.28. The molecule has 1 aromatic carbocycles. The van der Waals surface area contributed by atoms with Crippen molar-refractivity contribution in [1.29, 1.82) is 0 Å². The number of nitrogens with zero attached hydrogens (tertiary/aromatic N) is 2. The summed E-state index contributed by atoms with van der Waals surface area (Å²) in [6, 6.07) is 5.11. The number of nitrogen functional groups attached to an aromatic ring is 1. The number of aliphatic hydroxyl groups is 1. The van der Waals surface area contributed by atoms with Crippen molar-refractivity contribution in [2.24, 2.45) is 0 Å². The Kier molecular flexibility index (Phi) is 5.57. The first-order valence-corrected chi connectivity index (χ1v) is 9.05. The summed E-state index contributed by atoms with van der Waals surface area (Å²) >= 11 is 1.27. The largest absolute Gasteiger partial charge is 0.416 e. The van der Waals surface area contributed by atoms with Crippen molar-refractivity contribution in [3.63, 3.8) is 0 Å². The maximum Gasteiger partial charge on any atom is 0.416 e. The van der Waals surface area contributed by atoms with E-state index in [2.05, 4.69) is 15.3 Å². The molecule has 0 radical (unpaired) electrons. The average Bonchev–Trinajstić information content (AvgIpc) is 2.59. The first kappa shape index (κ1) is 18.8. The van der Waals surface area contributed by atoms with Gasteiger partial charge in [0.15, 0.2) is 0 Å². The maximum atomic E-state index is 12.7. The van der Waals surface area contributed by atoms with Gasteiger partial charge < -0.3 is 16.2 Å². The summed E-state index contributed by atoms with van der Waals surface area (Å²) in [6.45, 7) is 0. The standard InChI is InChI=1S/C17H19F3N4OS/c18-17(19,20)10-1-7-13(8-2-10)26-14-9-22-16(21)24-15(14)23-11-3-5-12(25)6-4-11/h1-2,7-9,11-12,25H,3-6H2,(H3,21,22,23,24). The molecule has 1 saturated carbocycles. The average molecular weight is 384 g/mol. The number of nitrogens with one attached hydrogen (secondary N) is 1. The molecular weight excluding hydrogens is 365 g/mol. The molecule has 1 fully saturated rings. The molecule has 0 amide bonds. The number of aromatic nitrogens is 2. The fourth-order valence-electron chi connectivity index (χ4n) is 2.81. The SMILES string of the molecule is Nc1ncc(Sc2ccc(C(F)(F)F)cc2)c(NC2CCC(O)CC2)n1. The highest BCUT2D eigenvalue weighted by Crippen LogP contribution is 2.36. The number of anilines is 2. The number of alkyl halides is 3. The van der Waals surface area contributed by atoms with E-state index in [4.69, 9.17) is 5.73 Å². The van der Waals surface area contributed by atoms with Crippen LogP contribution in [0.25, 0.3) is 0 Å². The topological polar surface area (TPSA) is 84.1 Å². The van der Waals surface area contributed by atoms with Crippen molar-refractivity contribution in [2.75, 3.05) is 11.1 Å². The van der Waals surface area contributed by atoms with E-state index in [0.29, 0.717) is 15.6 Å². The highest BCUT2D eigenvalue weighted by atomic mass is 32.2. The van der Waals surface area contributed by atoms with E-state index in [-0.39, 0.29) is 18.1 Å². The van der Waals surface area contributed by atoms with Gasteiger partial charge in [0.1, 0.15) is 5.82 Å². The van der Waals surface area contributed by atoms with Crippen LogP contribution < -0.4 is 11.1 Å². The lowest BCUT2D eigenvalue weighted by Gasteiger charge is -2.27. The number of nitrogens with two attached hydrogens (primary N) is 1. The summed E-state index contributed by atoms with van der Waals surface area (Å²) in [5.41, 5.74) is 4.99. The number of rotatable bonds is 4. The third-order valence-corrected chi connectivity index (χ3v) is 5.25. The third-order valence-electron chi connectivity index (χ3n) is 4.22. The third kappa shape index (κ3) is 4.79. The molecule has 26 heavy (non-hydrogen) atoms. The van der Waals surface area contributed by atoms with Gasteiger partial charge in [-0.15, -0.1) is 0 Å². The Hall–Kier alpha value is -2.00. The predicted molar refractivity (Wildman–Crippen MR) is 93.9 cm³/mol. The van der Waals surface area contributed by atoms with E-state index in [0.717, 1.165) is 37.8 Å². The Balaban J connectivity index is 1.75. The van der Waals surface area contributed by atoms with E-state index in [1.807, 2.05) is 0 Å². The van der Waals surface area contributed by atoms with Crippen molar-refractivity contribution in [3.8, 4) is 0 Å². The Labute approximate surface area is 153 Å². The van der Waals surface area contributed by atoms with E-state index in [1.54, 1.807) is 6.20 Å². The summed E-state index contributed by atoms with van der Waals surface area (Å²) in [5.74, 6) is 0.684. The Morgan fingerprint density at radius 1 is 1.12 bits per heavy atom. The summed E-state index contributed by atoms with van der Waals surface area (Å²) in [6.07, 6.45) is 0.0187. The Morgan fingerprint density at radius 3 is 2.38 bits per heavy atom. The maximum absolute atomic E-state index is 12.7. The molecule has 9 heteroatoms. The zero-order valence-corrected chi connectivity index (χ0v) is 14.6. The van der Waals surface area contributed by atoms with Gasteiger partial charge in [-0.2, -0.15) is 18.2 Å². The molecular formula is C17H19F3N4OS. The van der Waals surface area contributed by atoms with E-state index >= 15 is 0 Å². The van der Waals surface area contributed by atoms with Crippen LogP contribution in [-0.2, 0) is 6.18 Å². The molecule has 1 aromatic heterocycles. The molecule has 0 spiro atoms. The molecule has 140 valence electrons. The van der Waals surface area contributed by atoms with Crippen LogP contribution in [0.2, 0.25) is 0 Å². The molecule has 2 aromatic rings. The van der Waals surface area contributed by atoms with Gasteiger partial charge >= 0.3 is 6.18 Å². The van der Waals surface area contributed by atoms with Crippen LogP contribution in [-0.4, -0.2) is 27.2 Å². The minimum absolute atomic E-state index is 0.125. The molecule has 0 saturated heterocycles. The highest BCUT2D eigenvalue weighted by molar-refractivity contribution is 7.99. The minimum Gasteiger partial charge on any atom is -0.393 e. The quantitative estimate of drug-likeness (QED) is 0.740. The molecule has 1 aliphatic carbocycles. The second-order valence-corrected chi connectivity index (χ2v) is 7.33. The van der Waals surface area contributed by atoms with Crippen LogP contribution in [0.3, 0.4) is 0 Å². The van der Waals surface area contributed by atoms with Crippen LogP contribution >= 0.6 is 11.8 Å². The van der Waals surface area contributed by atoms with Gasteiger partial charge in [0.2, 0.25) is 5.95 Å². The van der Waals surface area contributed by atoms with Crippen LogP contribution in [0.15, 0.2) is 40.3 Å². The van der Waals surface area contributed by atoms with Crippen molar-refractivity contribution >= 4 is 23.5 Å². The van der Waals surface area contributed by atoms with Gasteiger partial charge in [-0.1, -0.05) is 11.8 Å². The van der Waals surface area contributed by atoms with Crippen molar-refractivity contribution in [1.82, 2.24) is 9.97 Å². The summed E-state index contributed by atoms with van der Waals surface area (Å²) in [5, 5.41) is 12.9. The Bertz CT molecular complexity index is 747. The number of halogens is 3. The zero-order valence-electron chi connectivity index (χ0n) is 13.8. The lowest BCUT2D eigenvalue weighted by atomic mass is 9.93. The molecule has 0 aliphatic heterocycles. The molecule has 5 nitrogen and oxygen atoms in total. The Morgan fingerprint density at radius 2 is 1.77 bits per heavy atom. The first-order valence-electron chi connectivity index (χ1n) is 8.23. The smallest absolute Gasteiger partial charge is 0.393 e. The van der Waals surface area contributed by atoms with E-state index in [1.165, 1.54) is 23.9 Å². The molecule has 1 aliphatic rings. The minimum atomic E-state index is -4.36. The fourth-order valence-corrected chi connectivity index (χ4v) is 3.65. The van der Waals surface area contributed by atoms with Gasteiger partial charge in [-0.05, 0) is 49.9 Å². The van der Waals surface area contributed by atoms with Crippen LogP contribution in [0.1, 0.15) is 31.2 Å². The van der Waals surface area contributed by atoms with Crippen molar-refractivity contribution in [3.05, 3.63) is 36.0 Å². The second kappa shape index (κ2) is 7.71. The predicted octanol–water partition coefficient (Wildman–Crippen LogP) is 3.94. The highest BCUT2D eigenvalue weighted by Gasteiger charge is 2.30. The summed E-state index contributed by atoms with van der Waals surface area (Å²) in [4.78, 5) is 9.55. The molecule has 0 atom stereocenters. The van der Waals surface area contributed by atoms with Crippen LogP contribution in [0.5, 0.6) is 0 Å². The zero-order chi connectivity index (χ0) is 18.7. The normalized spacial score (nSPS) is 20.8. The number of hydrogen-bond donors (Lipinski definition) is 3. The molecule has 0 unspecified atom stereocenters. The lowest BCUT2D eigenvalue weighted by molar-refractivity contribution is -0.137. The van der Waals surface area contributed by atoms with Crippen molar-refractivity contribution < 1.29 is 18.3 Å². The van der Waals surface area contributed by atoms with Gasteiger partial charge in [0.25, 0.3) is 0 Å². The molecule has 0 bridgehead atoms. The van der Waals surface area contributed by atoms with Gasteiger partial charge in [-0.25, -0.2) is 4.98 Å². The summed E-state index contributed by atoms with van der Waals surface area (Å²) in [7, 11) is 0. The van der Waals surface area contributed by atoms with Gasteiger partial charge in [0.05, 0.1) is 16.6 Å². The van der Waals surface area contributed by atoms with Crippen LogP contribution in [0.4, 0.5) is 24.9 Å². The molecule has 4 N–H and O–H groups in total. The first-order chi connectivity index (χ1) is 12.3. The number of benzene rings is 1. The molecule has 3 rings (SSSR count). The van der Waals surface area contributed by atoms with Gasteiger partial charge in [-0.3, -0.25) is 0 Å². The van der Waals surface area contributed by atoms with Crippen molar-refractivity contribution in [2.45, 2.75) is 53.8 Å². The number of aliphatic hydroxyl groups excluding tert-OH is 1. The van der Waals surface area contributed by atoms with Gasteiger partial charge in [0, 0.05) is 17.1 Å². The monoisotopic (exact) mass is 384 g/mol. The summed E-state index contributed by atoms with van der Waals surface area (Å²) < 4.78 is 38.0. The van der Waals surface area contributed by atoms with E-state index in [9.17, 15) is 18.3 Å². The second-order valence-electron chi connectivity index (χ2n) is 6.22. The molecule has 1 heterocycles. The van der Waals surface area contributed by atoms with Crippen LogP contribution in [0, 0.1) is 0 Å². The fraction of sp³-hybridized carbons (Fsp3) is 0.412.